The molecule has 0 spiro atoms. The fraction of sp³-hybridized carbons (Fsp3) is 0.615. The first-order valence-corrected chi connectivity index (χ1v) is 7.81. The Morgan fingerprint density at radius 3 is 2.65 bits per heavy atom. The maximum Gasteiger partial charge on any atom is 0.253 e. The standard InChI is InChI=1S/C13H20ClN3O2S/c1-19-11(8-15)13(18)17-6-4-16(5-7-17)9-10-2-3-12(14)20-10/h2-3,11H,4-9,15H2,1H3. The molecule has 2 rings (SSSR count). The van der Waals surface area contributed by atoms with Crippen LogP contribution in [0.1, 0.15) is 4.88 Å². The maximum absolute atomic E-state index is 12.1. The van der Waals surface area contributed by atoms with E-state index in [2.05, 4.69) is 11.0 Å². The highest BCUT2D eigenvalue weighted by Crippen LogP contribution is 2.23. The van der Waals surface area contributed by atoms with Gasteiger partial charge in [0.2, 0.25) is 0 Å². The number of hydrogen-bond donors (Lipinski definition) is 1. The van der Waals surface area contributed by atoms with Crippen molar-refractivity contribution in [3.8, 4) is 0 Å². The van der Waals surface area contributed by atoms with Crippen LogP contribution in [-0.2, 0) is 16.1 Å². The second-order valence-electron chi connectivity index (χ2n) is 4.77. The lowest BCUT2D eigenvalue weighted by molar-refractivity contribution is -0.143. The third-order valence-corrected chi connectivity index (χ3v) is 4.68. The number of thiophene rings is 1. The average Bonchev–Trinajstić information content (AvgIpc) is 2.86. The van der Waals surface area contributed by atoms with Gasteiger partial charge in [0.25, 0.3) is 5.91 Å². The van der Waals surface area contributed by atoms with Crippen LogP contribution >= 0.6 is 22.9 Å². The van der Waals surface area contributed by atoms with E-state index in [0.717, 1.165) is 37.1 Å². The van der Waals surface area contributed by atoms with Crippen LogP contribution < -0.4 is 5.73 Å². The summed E-state index contributed by atoms with van der Waals surface area (Å²) in [5.41, 5.74) is 5.53. The molecule has 1 aliphatic heterocycles. The monoisotopic (exact) mass is 317 g/mol. The van der Waals surface area contributed by atoms with Crippen molar-refractivity contribution in [1.82, 2.24) is 9.80 Å². The normalized spacial score (nSPS) is 18.2. The smallest absolute Gasteiger partial charge is 0.253 e. The Bertz CT molecular complexity index is 443. The van der Waals surface area contributed by atoms with Gasteiger partial charge in [-0.05, 0) is 12.1 Å². The molecule has 5 nitrogen and oxygen atoms in total. The van der Waals surface area contributed by atoms with Crippen LogP contribution in [0.3, 0.4) is 0 Å². The highest BCUT2D eigenvalue weighted by Gasteiger charge is 2.26. The number of carbonyl (C=O) groups is 1. The molecule has 0 saturated carbocycles. The molecule has 20 heavy (non-hydrogen) atoms. The number of carbonyl (C=O) groups excluding carboxylic acids is 1. The summed E-state index contributed by atoms with van der Waals surface area (Å²) < 4.78 is 5.92. The predicted molar refractivity (Wildman–Crippen MR) is 81.0 cm³/mol. The van der Waals surface area contributed by atoms with Gasteiger partial charge in [-0.15, -0.1) is 11.3 Å². The van der Waals surface area contributed by atoms with Crippen LogP contribution in [0.15, 0.2) is 12.1 Å². The number of ether oxygens (including phenoxy) is 1. The zero-order valence-corrected chi connectivity index (χ0v) is 13.1. The topological polar surface area (TPSA) is 58.8 Å². The lowest BCUT2D eigenvalue weighted by atomic mass is 10.2. The molecule has 1 aromatic rings. The van der Waals surface area contributed by atoms with Gasteiger partial charge in [-0.2, -0.15) is 0 Å². The summed E-state index contributed by atoms with van der Waals surface area (Å²) in [5.74, 6) is -0.00572. The van der Waals surface area contributed by atoms with E-state index in [4.69, 9.17) is 22.1 Å². The van der Waals surface area contributed by atoms with Crippen LogP contribution in [0.4, 0.5) is 0 Å². The van der Waals surface area contributed by atoms with Crippen molar-refractivity contribution in [3.63, 3.8) is 0 Å². The van der Waals surface area contributed by atoms with Gasteiger partial charge in [0, 0.05) is 51.3 Å². The average molecular weight is 318 g/mol. The molecule has 0 radical (unpaired) electrons. The zero-order valence-electron chi connectivity index (χ0n) is 11.5. The summed E-state index contributed by atoms with van der Waals surface area (Å²) in [6.45, 7) is 4.29. The van der Waals surface area contributed by atoms with E-state index in [1.54, 1.807) is 11.3 Å². The van der Waals surface area contributed by atoms with E-state index in [1.807, 2.05) is 11.0 Å². The molecule has 1 unspecified atom stereocenters. The summed E-state index contributed by atoms with van der Waals surface area (Å²) in [4.78, 5) is 17.5. The minimum atomic E-state index is -0.516. The summed E-state index contributed by atoms with van der Waals surface area (Å²) in [7, 11) is 1.52. The molecule has 2 N–H and O–H groups in total. The van der Waals surface area contributed by atoms with E-state index in [1.165, 1.54) is 12.0 Å². The number of nitrogens with two attached hydrogens (primary N) is 1. The second-order valence-corrected chi connectivity index (χ2v) is 6.57. The summed E-state index contributed by atoms with van der Waals surface area (Å²) in [6.07, 6.45) is -0.516. The fourth-order valence-electron chi connectivity index (χ4n) is 2.28. The van der Waals surface area contributed by atoms with Gasteiger partial charge in [-0.3, -0.25) is 9.69 Å². The SMILES string of the molecule is COC(CN)C(=O)N1CCN(Cc2ccc(Cl)s2)CC1. The summed E-state index contributed by atoms with van der Waals surface area (Å²) in [5, 5.41) is 0. The molecule has 0 aromatic carbocycles. The van der Waals surface area contributed by atoms with Crippen molar-refractivity contribution in [2.75, 3.05) is 39.8 Å². The molecule has 112 valence electrons. The fourth-order valence-corrected chi connectivity index (χ4v) is 3.42. The third kappa shape index (κ3) is 3.93. The number of piperazine rings is 1. The van der Waals surface area contributed by atoms with Crippen LogP contribution in [0.5, 0.6) is 0 Å². The number of amides is 1. The summed E-state index contributed by atoms with van der Waals surface area (Å²) in [6, 6.07) is 3.98. The van der Waals surface area contributed by atoms with E-state index in [0.29, 0.717) is 0 Å². The molecular weight excluding hydrogens is 298 g/mol. The van der Waals surface area contributed by atoms with Crippen molar-refractivity contribution in [3.05, 3.63) is 21.3 Å². The van der Waals surface area contributed by atoms with Gasteiger partial charge in [-0.1, -0.05) is 11.6 Å². The van der Waals surface area contributed by atoms with Gasteiger partial charge < -0.3 is 15.4 Å². The van der Waals surface area contributed by atoms with Crippen LogP contribution in [0, 0.1) is 0 Å². The first-order valence-electron chi connectivity index (χ1n) is 6.62. The van der Waals surface area contributed by atoms with E-state index in [-0.39, 0.29) is 12.5 Å². The molecule has 1 amide bonds. The third-order valence-electron chi connectivity index (χ3n) is 3.47. The number of rotatable bonds is 5. The number of hydrogen-bond acceptors (Lipinski definition) is 5. The molecule has 0 aliphatic carbocycles. The Hall–Kier alpha value is -0.660. The Morgan fingerprint density at radius 1 is 1.45 bits per heavy atom. The van der Waals surface area contributed by atoms with Gasteiger partial charge in [-0.25, -0.2) is 0 Å². The zero-order chi connectivity index (χ0) is 14.5. The van der Waals surface area contributed by atoms with Gasteiger partial charge in [0.1, 0.15) is 6.10 Å². The molecule has 1 saturated heterocycles. The Labute approximate surface area is 128 Å². The van der Waals surface area contributed by atoms with Crippen molar-refractivity contribution < 1.29 is 9.53 Å². The van der Waals surface area contributed by atoms with E-state index < -0.39 is 6.10 Å². The van der Waals surface area contributed by atoms with Crippen LogP contribution in [0.2, 0.25) is 4.34 Å². The predicted octanol–water partition coefficient (Wildman–Crippen LogP) is 1.02. The number of halogens is 1. The van der Waals surface area contributed by atoms with Crippen molar-refractivity contribution in [1.29, 1.82) is 0 Å². The van der Waals surface area contributed by atoms with Crippen molar-refractivity contribution in [2.45, 2.75) is 12.6 Å². The molecule has 1 atom stereocenters. The van der Waals surface area contributed by atoms with Crippen LogP contribution in [0.25, 0.3) is 0 Å². The van der Waals surface area contributed by atoms with Crippen molar-refractivity contribution >= 4 is 28.8 Å². The molecule has 2 heterocycles. The van der Waals surface area contributed by atoms with Crippen LogP contribution in [-0.4, -0.2) is 61.6 Å². The lowest BCUT2D eigenvalue weighted by Gasteiger charge is -2.35. The first kappa shape index (κ1) is 15.7. The van der Waals surface area contributed by atoms with E-state index in [9.17, 15) is 4.79 Å². The van der Waals surface area contributed by atoms with Gasteiger partial charge in [0.15, 0.2) is 0 Å². The Morgan fingerprint density at radius 2 is 2.15 bits per heavy atom. The lowest BCUT2D eigenvalue weighted by Crippen LogP contribution is -2.52. The largest absolute Gasteiger partial charge is 0.370 e. The minimum absolute atomic E-state index is 0.00572. The second kappa shape index (κ2) is 7.38. The highest BCUT2D eigenvalue weighted by atomic mass is 35.5. The molecule has 1 aliphatic rings. The first-order chi connectivity index (χ1) is 9.63. The maximum atomic E-state index is 12.1. The number of methoxy groups -OCH3 is 1. The molecule has 1 fully saturated rings. The van der Waals surface area contributed by atoms with Gasteiger partial charge >= 0.3 is 0 Å². The summed E-state index contributed by atoms with van der Waals surface area (Å²) >= 11 is 7.54. The number of nitrogens with zero attached hydrogens (tertiary/aromatic N) is 2. The Balaban J connectivity index is 1.81. The quantitative estimate of drug-likeness (QED) is 0.881. The Kier molecular flexibility index (Phi) is 5.80. The highest BCUT2D eigenvalue weighted by molar-refractivity contribution is 7.16. The van der Waals surface area contributed by atoms with Crippen molar-refractivity contribution in [2.24, 2.45) is 5.73 Å². The van der Waals surface area contributed by atoms with E-state index >= 15 is 0 Å². The minimum Gasteiger partial charge on any atom is -0.370 e. The molecule has 1 aromatic heterocycles. The molecular formula is C13H20ClN3O2S. The molecule has 0 bridgehead atoms. The molecule has 7 heteroatoms. The van der Waals surface area contributed by atoms with Gasteiger partial charge in [0.05, 0.1) is 4.34 Å².